The van der Waals surface area contributed by atoms with E-state index in [2.05, 4.69) is 0 Å². The summed E-state index contributed by atoms with van der Waals surface area (Å²) in [7, 11) is 0. The van der Waals surface area contributed by atoms with Gasteiger partial charge in [0.25, 0.3) is 0 Å². The molecule has 1 unspecified atom stereocenters. The van der Waals surface area contributed by atoms with Crippen LogP contribution >= 0.6 is 0 Å². The van der Waals surface area contributed by atoms with Crippen LogP contribution in [0.3, 0.4) is 0 Å². The molecule has 1 saturated heterocycles. The molecule has 1 atom stereocenters. The molecule has 1 aliphatic heterocycles. The predicted molar refractivity (Wildman–Crippen MR) is 43.5 cm³/mol. The zero-order chi connectivity index (χ0) is 8.32. The van der Waals surface area contributed by atoms with Crippen LogP contribution in [0.4, 0.5) is 0 Å². The largest absolute Gasteiger partial charge is 0.368 e. The van der Waals surface area contributed by atoms with Crippen molar-refractivity contribution in [1.29, 1.82) is 0 Å². The van der Waals surface area contributed by atoms with E-state index in [1.807, 2.05) is 6.92 Å². The number of hydrogen-bond donors (Lipinski definition) is 0. The molecule has 0 amide bonds. The van der Waals surface area contributed by atoms with Gasteiger partial charge in [-0.05, 0) is 26.7 Å². The minimum absolute atomic E-state index is 0.166. The average molecular weight is 156 g/mol. The van der Waals surface area contributed by atoms with E-state index >= 15 is 0 Å². The molecule has 2 heteroatoms. The molecule has 0 aromatic heterocycles. The summed E-state index contributed by atoms with van der Waals surface area (Å²) in [5.74, 6) is 0.166. The Labute approximate surface area is 67.9 Å². The van der Waals surface area contributed by atoms with Crippen molar-refractivity contribution in [3.63, 3.8) is 0 Å². The molecule has 0 spiro atoms. The monoisotopic (exact) mass is 156 g/mol. The first-order valence-electron chi connectivity index (χ1n) is 4.30. The molecule has 0 saturated carbocycles. The van der Waals surface area contributed by atoms with Gasteiger partial charge in [0.2, 0.25) is 0 Å². The van der Waals surface area contributed by atoms with Crippen LogP contribution in [0, 0.1) is 0 Å². The number of rotatable bonds is 1. The number of Topliss-reactive ketones (excluding diaryl/α,β-unsaturated/α-hetero) is 1. The van der Waals surface area contributed by atoms with Gasteiger partial charge >= 0.3 is 0 Å². The second-order valence-electron chi connectivity index (χ2n) is 3.45. The maximum Gasteiger partial charge on any atom is 0.161 e. The average Bonchev–Trinajstić information content (AvgIpc) is 2.15. The predicted octanol–water partition coefficient (Wildman–Crippen LogP) is 1.92. The lowest BCUT2D eigenvalue weighted by Crippen LogP contribution is -2.35. The third kappa shape index (κ3) is 2.03. The summed E-state index contributed by atoms with van der Waals surface area (Å²) >= 11 is 0. The Kier molecular flexibility index (Phi) is 2.66. The molecular weight excluding hydrogens is 140 g/mol. The minimum Gasteiger partial charge on any atom is -0.368 e. The highest BCUT2D eigenvalue weighted by Crippen LogP contribution is 2.24. The van der Waals surface area contributed by atoms with Crippen LogP contribution in [0.25, 0.3) is 0 Å². The first-order chi connectivity index (χ1) is 5.15. The number of ketones is 1. The van der Waals surface area contributed by atoms with Crippen molar-refractivity contribution in [3.8, 4) is 0 Å². The zero-order valence-electron chi connectivity index (χ0n) is 7.35. The highest BCUT2D eigenvalue weighted by Gasteiger charge is 2.31. The van der Waals surface area contributed by atoms with Crippen LogP contribution in [0.5, 0.6) is 0 Å². The molecule has 1 heterocycles. The van der Waals surface area contributed by atoms with Crippen molar-refractivity contribution in [2.75, 3.05) is 6.61 Å². The van der Waals surface area contributed by atoms with Gasteiger partial charge in [-0.3, -0.25) is 4.79 Å². The summed E-state index contributed by atoms with van der Waals surface area (Å²) in [4.78, 5) is 11.1. The molecule has 0 aromatic carbocycles. The molecule has 0 N–H and O–H groups in total. The van der Waals surface area contributed by atoms with Crippen LogP contribution in [0.2, 0.25) is 0 Å². The zero-order valence-corrected chi connectivity index (χ0v) is 7.35. The Bertz CT molecular complexity index is 144. The Morgan fingerprint density at radius 2 is 2.09 bits per heavy atom. The third-order valence-corrected chi connectivity index (χ3v) is 2.46. The molecule has 64 valence electrons. The van der Waals surface area contributed by atoms with Gasteiger partial charge in [-0.2, -0.15) is 0 Å². The first kappa shape index (κ1) is 8.72. The van der Waals surface area contributed by atoms with Crippen molar-refractivity contribution in [1.82, 2.24) is 0 Å². The standard InChI is InChI=1S/C9H16O2/c1-8(10)9(2)6-4-3-5-7-11-9/h3-7H2,1-2H3. The van der Waals surface area contributed by atoms with Crippen LogP contribution in [-0.4, -0.2) is 18.0 Å². The van der Waals surface area contributed by atoms with E-state index < -0.39 is 5.60 Å². The Morgan fingerprint density at radius 1 is 1.36 bits per heavy atom. The fraction of sp³-hybridized carbons (Fsp3) is 0.889. The smallest absolute Gasteiger partial charge is 0.161 e. The van der Waals surface area contributed by atoms with Gasteiger partial charge in [0.1, 0.15) is 5.60 Å². The lowest BCUT2D eigenvalue weighted by Gasteiger charge is -2.24. The fourth-order valence-electron chi connectivity index (χ4n) is 1.39. The number of carbonyl (C=O) groups is 1. The van der Waals surface area contributed by atoms with Gasteiger partial charge in [0.05, 0.1) is 0 Å². The molecule has 2 nitrogen and oxygen atoms in total. The molecule has 0 aliphatic carbocycles. The van der Waals surface area contributed by atoms with Crippen molar-refractivity contribution < 1.29 is 9.53 Å². The van der Waals surface area contributed by atoms with E-state index in [4.69, 9.17) is 4.74 Å². The summed E-state index contributed by atoms with van der Waals surface area (Å²) in [6, 6.07) is 0. The number of ether oxygens (including phenoxy) is 1. The van der Waals surface area contributed by atoms with Gasteiger partial charge < -0.3 is 4.74 Å². The van der Waals surface area contributed by atoms with E-state index in [0.29, 0.717) is 0 Å². The van der Waals surface area contributed by atoms with Gasteiger partial charge in [0, 0.05) is 6.61 Å². The van der Waals surface area contributed by atoms with Gasteiger partial charge in [-0.25, -0.2) is 0 Å². The first-order valence-corrected chi connectivity index (χ1v) is 4.30. The van der Waals surface area contributed by atoms with E-state index in [1.165, 1.54) is 6.42 Å². The Hall–Kier alpha value is -0.370. The van der Waals surface area contributed by atoms with Crippen LogP contribution in [0.1, 0.15) is 39.5 Å². The minimum atomic E-state index is -0.476. The summed E-state index contributed by atoms with van der Waals surface area (Å²) in [5, 5.41) is 0. The lowest BCUT2D eigenvalue weighted by atomic mass is 9.95. The fourth-order valence-corrected chi connectivity index (χ4v) is 1.39. The van der Waals surface area contributed by atoms with Crippen LogP contribution in [-0.2, 0) is 9.53 Å². The van der Waals surface area contributed by atoms with Gasteiger partial charge in [-0.1, -0.05) is 12.8 Å². The molecule has 11 heavy (non-hydrogen) atoms. The SMILES string of the molecule is CC(=O)C1(C)CCCCCO1. The normalized spacial score (nSPS) is 32.9. The van der Waals surface area contributed by atoms with E-state index in [1.54, 1.807) is 6.92 Å². The molecule has 0 aromatic rings. The highest BCUT2D eigenvalue weighted by molar-refractivity contribution is 5.84. The van der Waals surface area contributed by atoms with Crippen molar-refractivity contribution in [2.45, 2.75) is 45.1 Å². The lowest BCUT2D eigenvalue weighted by molar-refractivity contribution is -0.140. The summed E-state index contributed by atoms with van der Waals surface area (Å²) in [5.41, 5.74) is -0.476. The van der Waals surface area contributed by atoms with E-state index in [0.717, 1.165) is 25.9 Å². The second-order valence-corrected chi connectivity index (χ2v) is 3.45. The van der Waals surface area contributed by atoms with Crippen molar-refractivity contribution >= 4 is 5.78 Å². The highest BCUT2D eigenvalue weighted by atomic mass is 16.5. The molecular formula is C9H16O2. The van der Waals surface area contributed by atoms with Crippen LogP contribution < -0.4 is 0 Å². The summed E-state index contributed by atoms with van der Waals surface area (Å²) < 4.78 is 5.50. The Balaban J connectivity index is 2.59. The molecule has 1 fully saturated rings. The van der Waals surface area contributed by atoms with Crippen molar-refractivity contribution in [3.05, 3.63) is 0 Å². The van der Waals surface area contributed by atoms with E-state index in [9.17, 15) is 4.79 Å². The molecule has 0 bridgehead atoms. The molecule has 1 aliphatic rings. The second kappa shape index (κ2) is 3.35. The van der Waals surface area contributed by atoms with E-state index in [-0.39, 0.29) is 5.78 Å². The summed E-state index contributed by atoms with van der Waals surface area (Å²) in [6.07, 6.45) is 4.31. The maximum absolute atomic E-state index is 11.1. The number of hydrogen-bond acceptors (Lipinski definition) is 2. The number of carbonyl (C=O) groups excluding carboxylic acids is 1. The van der Waals surface area contributed by atoms with Crippen molar-refractivity contribution in [2.24, 2.45) is 0 Å². The quantitative estimate of drug-likeness (QED) is 0.579. The third-order valence-electron chi connectivity index (χ3n) is 2.46. The molecule has 0 radical (unpaired) electrons. The topological polar surface area (TPSA) is 26.3 Å². The van der Waals surface area contributed by atoms with Crippen LogP contribution in [0.15, 0.2) is 0 Å². The van der Waals surface area contributed by atoms with Gasteiger partial charge in [-0.15, -0.1) is 0 Å². The maximum atomic E-state index is 11.1. The molecule has 1 rings (SSSR count). The Morgan fingerprint density at radius 3 is 2.73 bits per heavy atom. The summed E-state index contributed by atoms with van der Waals surface area (Å²) in [6.45, 7) is 4.27. The van der Waals surface area contributed by atoms with Gasteiger partial charge in [0.15, 0.2) is 5.78 Å².